The molecule has 2 aromatic rings. The predicted molar refractivity (Wildman–Crippen MR) is 88.1 cm³/mol. The Bertz CT molecular complexity index is 924. The molecule has 1 saturated heterocycles. The highest BCUT2D eigenvalue weighted by atomic mass is 31.2. The molecule has 2 aromatic heterocycles. The standard InChI is InChI=1S/C12H17N6O9P/c13-8-5-9(16-2-15-8)18(3-17-5)10-7(20)6(19)4(26-10)1-25-12(11(21)22)28(23,24)27-14/h2-4,6-7,10,12,19-20H,1,14H2,(H,21,22)(H,23,24)(H2,13,15,16)/t4-,6-,7-,10-,12?/m1/s1. The number of carboxylic acids is 1. The van der Waals surface area contributed by atoms with E-state index in [0.29, 0.717) is 0 Å². The number of nitrogens with two attached hydrogens (primary N) is 2. The summed E-state index contributed by atoms with van der Waals surface area (Å²) >= 11 is 0. The second-order valence-electron chi connectivity index (χ2n) is 5.82. The van der Waals surface area contributed by atoms with E-state index in [1.807, 2.05) is 0 Å². The number of hydrogen-bond acceptors (Lipinski definition) is 12. The number of nitrogen functional groups attached to an aromatic ring is 1. The van der Waals surface area contributed by atoms with Crippen LogP contribution >= 0.6 is 7.60 Å². The van der Waals surface area contributed by atoms with E-state index in [1.54, 1.807) is 0 Å². The molecule has 2 unspecified atom stereocenters. The Morgan fingerprint density at radius 2 is 2.07 bits per heavy atom. The average Bonchev–Trinajstić information content (AvgIpc) is 3.18. The summed E-state index contributed by atoms with van der Waals surface area (Å²) in [6.45, 7) is -0.663. The lowest BCUT2D eigenvalue weighted by Gasteiger charge is -2.20. The molecule has 0 aromatic carbocycles. The van der Waals surface area contributed by atoms with Crippen molar-refractivity contribution < 1.29 is 43.7 Å². The summed E-state index contributed by atoms with van der Waals surface area (Å²) < 4.78 is 27.1. The summed E-state index contributed by atoms with van der Waals surface area (Å²) in [6, 6.07) is 0. The number of aromatic nitrogens is 4. The van der Waals surface area contributed by atoms with Crippen molar-refractivity contribution in [2.75, 3.05) is 12.3 Å². The van der Waals surface area contributed by atoms with Crippen LogP contribution in [-0.2, 0) is 23.5 Å². The number of hydrogen-bond donors (Lipinski definition) is 6. The van der Waals surface area contributed by atoms with Crippen molar-refractivity contribution in [3.63, 3.8) is 0 Å². The fourth-order valence-corrected chi connectivity index (χ4v) is 3.36. The molecule has 0 radical (unpaired) electrons. The van der Waals surface area contributed by atoms with E-state index in [2.05, 4.69) is 25.5 Å². The number of aliphatic carboxylic acids is 1. The van der Waals surface area contributed by atoms with Crippen molar-refractivity contribution in [3.8, 4) is 0 Å². The molecule has 16 heteroatoms. The zero-order chi connectivity index (χ0) is 20.6. The van der Waals surface area contributed by atoms with Gasteiger partial charge in [-0.3, -0.25) is 9.13 Å². The molecule has 28 heavy (non-hydrogen) atoms. The van der Waals surface area contributed by atoms with Crippen LogP contribution in [0.15, 0.2) is 12.7 Å². The van der Waals surface area contributed by atoms with Crippen molar-refractivity contribution in [1.82, 2.24) is 19.5 Å². The van der Waals surface area contributed by atoms with Gasteiger partial charge in [0.25, 0.3) is 5.85 Å². The van der Waals surface area contributed by atoms with E-state index in [-0.39, 0.29) is 17.0 Å². The summed E-state index contributed by atoms with van der Waals surface area (Å²) in [5.41, 5.74) is 6.17. The molecule has 1 aliphatic heterocycles. The molecule has 0 amide bonds. The zero-order valence-electron chi connectivity index (χ0n) is 14.0. The first-order valence-electron chi connectivity index (χ1n) is 7.67. The number of rotatable bonds is 7. The van der Waals surface area contributed by atoms with Crippen molar-refractivity contribution in [2.24, 2.45) is 5.90 Å². The lowest BCUT2D eigenvalue weighted by molar-refractivity contribution is -0.149. The highest BCUT2D eigenvalue weighted by molar-refractivity contribution is 7.54. The third-order valence-electron chi connectivity index (χ3n) is 4.08. The molecule has 0 spiro atoms. The van der Waals surface area contributed by atoms with Gasteiger partial charge in [0.15, 0.2) is 17.7 Å². The van der Waals surface area contributed by atoms with Gasteiger partial charge < -0.3 is 35.4 Å². The van der Waals surface area contributed by atoms with E-state index in [0.717, 1.165) is 0 Å². The first-order chi connectivity index (χ1) is 13.2. The van der Waals surface area contributed by atoms with Gasteiger partial charge >= 0.3 is 13.6 Å². The SMILES string of the molecule is NOP(=O)(O)C(OC[C@H]1O[C@@H](n2cnc3c(N)ncnc32)[C@H](O)[C@@H]1O)C(=O)O. The normalized spacial score (nSPS) is 28.3. The lowest BCUT2D eigenvalue weighted by atomic mass is 10.1. The summed E-state index contributed by atoms with van der Waals surface area (Å²) in [5, 5.41) is 29.5. The van der Waals surface area contributed by atoms with Crippen LogP contribution in [0.5, 0.6) is 0 Å². The van der Waals surface area contributed by atoms with Crippen molar-refractivity contribution in [3.05, 3.63) is 12.7 Å². The minimum Gasteiger partial charge on any atom is -0.479 e. The number of ether oxygens (including phenoxy) is 2. The number of anilines is 1. The number of carbonyl (C=O) groups is 1. The molecule has 1 fully saturated rings. The number of fused-ring (bicyclic) bond motifs is 1. The van der Waals surface area contributed by atoms with Gasteiger partial charge in [0.05, 0.1) is 12.9 Å². The van der Waals surface area contributed by atoms with E-state index < -0.39 is 50.6 Å². The monoisotopic (exact) mass is 420 g/mol. The van der Waals surface area contributed by atoms with E-state index in [9.17, 15) is 24.5 Å². The quantitative estimate of drug-likeness (QED) is 0.201. The van der Waals surface area contributed by atoms with Crippen molar-refractivity contribution >= 4 is 30.5 Å². The predicted octanol–water partition coefficient (Wildman–Crippen LogP) is -2.47. The van der Waals surface area contributed by atoms with E-state index in [4.69, 9.17) is 20.3 Å². The molecule has 6 atom stereocenters. The van der Waals surface area contributed by atoms with Gasteiger partial charge in [-0.05, 0) is 0 Å². The second kappa shape index (κ2) is 7.65. The fraction of sp³-hybridized carbons (Fsp3) is 0.500. The van der Waals surface area contributed by atoms with Crippen molar-refractivity contribution in [2.45, 2.75) is 30.4 Å². The number of aliphatic hydroxyl groups is 2. The minimum absolute atomic E-state index is 0.0986. The Balaban J connectivity index is 1.78. The number of carboxylic acid groups (broad SMARTS) is 1. The van der Waals surface area contributed by atoms with Gasteiger partial charge in [-0.2, -0.15) is 0 Å². The number of nitrogens with zero attached hydrogens (tertiary/aromatic N) is 4. The molecule has 0 bridgehead atoms. The van der Waals surface area contributed by atoms with Gasteiger partial charge in [0.1, 0.15) is 30.2 Å². The first kappa shape index (κ1) is 20.5. The highest BCUT2D eigenvalue weighted by Gasteiger charge is 2.47. The van der Waals surface area contributed by atoms with Gasteiger partial charge in [0, 0.05) is 0 Å². The van der Waals surface area contributed by atoms with Crippen LogP contribution in [0, 0.1) is 0 Å². The van der Waals surface area contributed by atoms with Crippen LogP contribution in [0.1, 0.15) is 6.23 Å². The Labute approximate surface area is 156 Å². The van der Waals surface area contributed by atoms with Crippen LogP contribution in [0.4, 0.5) is 5.82 Å². The molecule has 0 saturated carbocycles. The van der Waals surface area contributed by atoms with E-state index >= 15 is 0 Å². The van der Waals surface area contributed by atoms with Gasteiger partial charge in [0.2, 0.25) is 0 Å². The summed E-state index contributed by atoms with van der Waals surface area (Å²) in [7, 11) is -4.82. The molecule has 3 rings (SSSR count). The lowest BCUT2D eigenvalue weighted by Crippen LogP contribution is -2.36. The number of aliphatic hydroxyl groups excluding tert-OH is 2. The molecular formula is C12H17N6O9P. The molecule has 0 aliphatic carbocycles. The Morgan fingerprint density at radius 1 is 1.36 bits per heavy atom. The Kier molecular flexibility index (Phi) is 5.60. The van der Waals surface area contributed by atoms with Gasteiger partial charge in [-0.25, -0.2) is 30.3 Å². The highest BCUT2D eigenvalue weighted by Crippen LogP contribution is 2.46. The summed E-state index contributed by atoms with van der Waals surface area (Å²) in [6.07, 6.45) is -2.97. The van der Waals surface area contributed by atoms with Gasteiger partial charge in [-0.15, -0.1) is 0 Å². The maximum absolute atomic E-state index is 11.6. The second-order valence-corrected chi connectivity index (χ2v) is 7.63. The van der Waals surface area contributed by atoms with Crippen LogP contribution < -0.4 is 11.6 Å². The topological polar surface area (TPSA) is 238 Å². The first-order valence-corrected chi connectivity index (χ1v) is 9.32. The van der Waals surface area contributed by atoms with Gasteiger partial charge in [-0.1, -0.05) is 0 Å². The Hall–Kier alpha value is -2.23. The maximum atomic E-state index is 11.6. The van der Waals surface area contributed by atoms with Crippen molar-refractivity contribution in [1.29, 1.82) is 0 Å². The third kappa shape index (κ3) is 3.57. The largest absolute Gasteiger partial charge is 0.479 e. The Morgan fingerprint density at radius 3 is 2.71 bits per heavy atom. The van der Waals surface area contributed by atoms with Crippen LogP contribution in [0.2, 0.25) is 0 Å². The molecule has 1 aliphatic rings. The molecule has 154 valence electrons. The fourth-order valence-electron chi connectivity index (χ4n) is 2.70. The molecule has 8 N–H and O–H groups in total. The molecule has 15 nitrogen and oxygen atoms in total. The minimum atomic E-state index is -4.82. The van der Waals surface area contributed by atoms with Crippen LogP contribution in [0.3, 0.4) is 0 Å². The average molecular weight is 420 g/mol. The summed E-state index contributed by atoms with van der Waals surface area (Å²) in [5.74, 6) is 0.593. The van der Waals surface area contributed by atoms with E-state index in [1.165, 1.54) is 17.2 Å². The third-order valence-corrected chi connectivity index (χ3v) is 5.34. The zero-order valence-corrected chi connectivity index (χ0v) is 14.9. The molecular weight excluding hydrogens is 403 g/mol. The maximum Gasteiger partial charge on any atom is 0.384 e. The smallest absolute Gasteiger partial charge is 0.384 e. The molecule has 3 heterocycles. The number of imidazole rings is 1. The van der Waals surface area contributed by atoms with Crippen LogP contribution in [0.25, 0.3) is 11.2 Å². The summed E-state index contributed by atoms with van der Waals surface area (Å²) in [4.78, 5) is 32.3. The van der Waals surface area contributed by atoms with Crippen LogP contribution in [-0.4, -0.2) is 76.5 Å².